The molecule has 0 aromatic heterocycles. The van der Waals surface area contributed by atoms with Crippen molar-refractivity contribution in [1.82, 2.24) is 0 Å². The highest BCUT2D eigenvalue weighted by Crippen LogP contribution is 2.30. The summed E-state index contributed by atoms with van der Waals surface area (Å²) in [5.41, 5.74) is 0.247. The van der Waals surface area contributed by atoms with Crippen LogP contribution in [0.5, 0.6) is 5.75 Å². The second-order valence-electron chi connectivity index (χ2n) is 4.00. The lowest BCUT2D eigenvalue weighted by molar-refractivity contribution is 0.255. The Balaban J connectivity index is 2.28. The third-order valence-electron chi connectivity index (χ3n) is 2.72. The Hall–Kier alpha value is -1.17. The second kappa shape index (κ2) is 6.52. The number of rotatable bonds is 4. The van der Waals surface area contributed by atoms with E-state index in [1.807, 2.05) is 0 Å². The topological polar surface area (TPSA) is 29.5 Å². The first-order chi connectivity index (χ1) is 9.54. The Labute approximate surface area is 128 Å². The summed E-state index contributed by atoms with van der Waals surface area (Å²) in [5.74, 6) is -1.21. The number of halogens is 4. The predicted molar refractivity (Wildman–Crippen MR) is 75.8 cm³/mol. The van der Waals surface area contributed by atoms with E-state index in [-0.39, 0.29) is 34.0 Å². The Morgan fingerprint density at radius 3 is 2.65 bits per heavy atom. The van der Waals surface area contributed by atoms with Crippen molar-refractivity contribution in [2.24, 2.45) is 0 Å². The fraction of sp³-hybridized carbons (Fsp3) is 0.143. The molecule has 0 aliphatic carbocycles. The van der Waals surface area contributed by atoms with Gasteiger partial charge in [0, 0.05) is 5.56 Å². The van der Waals surface area contributed by atoms with Crippen LogP contribution in [0.2, 0.25) is 5.02 Å². The van der Waals surface area contributed by atoms with Gasteiger partial charge in [-0.2, -0.15) is 0 Å². The van der Waals surface area contributed by atoms with E-state index in [1.54, 1.807) is 18.2 Å². The molecule has 0 unspecified atom stereocenters. The van der Waals surface area contributed by atoms with Crippen LogP contribution < -0.4 is 4.74 Å². The van der Waals surface area contributed by atoms with Gasteiger partial charge in [-0.1, -0.05) is 23.7 Å². The van der Waals surface area contributed by atoms with Crippen LogP contribution in [-0.2, 0) is 13.2 Å². The first-order valence-electron chi connectivity index (χ1n) is 5.68. The number of benzene rings is 2. The maximum atomic E-state index is 13.8. The number of ether oxygens (including phenoxy) is 1. The van der Waals surface area contributed by atoms with Crippen molar-refractivity contribution in [3.05, 3.63) is 62.6 Å². The van der Waals surface area contributed by atoms with Gasteiger partial charge in [0.25, 0.3) is 0 Å². The van der Waals surface area contributed by atoms with E-state index in [9.17, 15) is 13.9 Å². The van der Waals surface area contributed by atoms with Crippen LogP contribution in [0.25, 0.3) is 0 Å². The lowest BCUT2D eigenvalue weighted by Crippen LogP contribution is -2.04. The van der Waals surface area contributed by atoms with Crippen LogP contribution in [0.3, 0.4) is 0 Å². The van der Waals surface area contributed by atoms with Gasteiger partial charge in [-0.25, -0.2) is 8.78 Å². The molecule has 0 bridgehead atoms. The second-order valence-corrected chi connectivity index (χ2v) is 5.26. The normalized spacial score (nSPS) is 10.7. The molecule has 1 N–H and O–H groups in total. The van der Waals surface area contributed by atoms with Gasteiger partial charge in [0.05, 0.1) is 21.7 Å². The van der Waals surface area contributed by atoms with Gasteiger partial charge in [0.15, 0.2) is 0 Å². The standard InChI is InChI=1S/C14H10BrClF2O2/c15-10-4-5-12(17)9(13(10)18)7-20-14-8(6-19)2-1-3-11(14)16/h1-5,19H,6-7H2. The maximum Gasteiger partial charge on any atom is 0.146 e. The molecule has 0 saturated heterocycles. The molecule has 0 radical (unpaired) electrons. The SMILES string of the molecule is OCc1cccc(Cl)c1OCc1c(F)ccc(Br)c1F. The van der Waals surface area contributed by atoms with E-state index in [2.05, 4.69) is 15.9 Å². The van der Waals surface area contributed by atoms with Crippen molar-refractivity contribution < 1.29 is 18.6 Å². The van der Waals surface area contributed by atoms with Crippen molar-refractivity contribution in [2.45, 2.75) is 13.2 Å². The molecule has 0 atom stereocenters. The minimum Gasteiger partial charge on any atom is -0.487 e. The maximum absolute atomic E-state index is 13.8. The zero-order valence-corrected chi connectivity index (χ0v) is 12.5. The summed E-state index contributed by atoms with van der Waals surface area (Å²) in [4.78, 5) is 0. The molecule has 6 heteroatoms. The summed E-state index contributed by atoms with van der Waals surface area (Å²) in [6.07, 6.45) is 0. The van der Waals surface area contributed by atoms with E-state index < -0.39 is 11.6 Å². The first-order valence-corrected chi connectivity index (χ1v) is 6.85. The number of para-hydroxylation sites is 1. The molecule has 2 aromatic carbocycles. The van der Waals surface area contributed by atoms with Crippen molar-refractivity contribution in [3.8, 4) is 5.75 Å². The fourth-order valence-electron chi connectivity index (χ4n) is 1.69. The minimum atomic E-state index is -0.720. The molecule has 0 saturated carbocycles. The molecule has 0 heterocycles. The van der Waals surface area contributed by atoms with Gasteiger partial charge in [-0.15, -0.1) is 0 Å². The van der Waals surface area contributed by atoms with Crippen LogP contribution >= 0.6 is 27.5 Å². The largest absolute Gasteiger partial charge is 0.487 e. The first kappa shape index (κ1) is 15.2. The van der Waals surface area contributed by atoms with Crippen LogP contribution in [0, 0.1) is 11.6 Å². The fourth-order valence-corrected chi connectivity index (χ4v) is 2.31. The predicted octanol–water partition coefficient (Wildman–Crippen LogP) is 4.45. The van der Waals surface area contributed by atoms with E-state index in [4.69, 9.17) is 16.3 Å². The molecular weight excluding hydrogens is 354 g/mol. The molecular formula is C14H10BrClF2O2. The molecule has 0 aliphatic rings. The van der Waals surface area contributed by atoms with Crippen LogP contribution in [-0.4, -0.2) is 5.11 Å². The minimum absolute atomic E-state index is 0.152. The molecule has 2 rings (SSSR count). The molecule has 20 heavy (non-hydrogen) atoms. The van der Waals surface area contributed by atoms with E-state index in [1.165, 1.54) is 6.07 Å². The summed E-state index contributed by atoms with van der Waals surface area (Å²) in [6, 6.07) is 7.27. The van der Waals surface area contributed by atoms with Gasteiger partial charge in [-0.05, 0) is 34.1 Å². The van der Waals surface area contributed by atoms with E-state index in [0.717, 1.165) is 6.07 Å². The molecule has 0 spiro atoms. The average molecular weight is 364 g/mol. The summed E-state index contributed by atoms with van der Waals surface area (Å²) >= 11 is 8.94. The Morgan fingerprint density at radius 2 is 1.95 bits per heavy atom. The number of hydrogen-bond donors (Lipinski definition) is 1. The van der Waals surface area contributed by atoms with Gasteiger partial charge in [-0.3, -0.25) is 0 Å². The zero-order valence-electron chi connectivity index (χ0n) is 10.2. The zero-order chi connectivity index (χ0) is 14.7. The average Bonchev–Trinajstić information content (AvgIpc) is 2.44. The van der Waals surface area contributed by atoms with E-state index >= 15 is 0 Å². The highest BCUT2D eigenvalue weighted by molar-refractivity contribution is 9.10. The monoisotopic (exact) mass is 362 g/mol. The molecule has 106 valence electrons. The Kier molecular flexibility index (Phi) is 4.96. The number of hydrogen-bond acceptors (Lipinski definition) is 2. The van der Waals surface area contributed by atoms with Crippen molar-refractivity contribution in [3.63, 3.8) is 0 Å². The summed E-state index contributed by atoms with van der Waals surface area (Å²) in [6.45, 7) is -0.604. The molecule has 2 aromatic rings. The third kappa shape index (κ3) is 3.11. The van der Waals surface area contributed by atoms with Gasteiger partial charge in [0.2, 0.25) is 0 Å². The van der Waals surface area contributed by atoms with Gasteiger partial charge in [0.1, 0.15) is 24.0 Å². The van der Waals surface area contributed by atoms with E-state index in [0.29, 0.717) is 5.56 Å². The highest BCUT2D eigenvalue weighted by Gasteiger charge is 2.15. The van der Waals surface area contributed by atoms with Crippen molar-refractivity contribution in [1.29, 1.82) is 0 Å². The summed E-state index contributed by atoms with van der Waals surface area (Å²) in [7, 11) is 0. The smallest absolute Gasteiger partial charge is 0.146 e. The molecule has 2 nitrogen and oxygen atoms in total. The summed E-state index contributed by atoms with van der Waals surface area (Å²) < 4.78 is 32.9. The molecule has 0 fully saturated rings. The summed E-state index contributed by atoms with van der Waals surface area (Å²) in [5, 5.41) is 9.47. The van der Waals surface area contributed by atoms with Crippen LogP contribution in [0.1, 0.15) is 11.1 Å². The lowest BCUT2D eigenvalue weighted by Gasteiger charge is -2.13. The quantitative estimate of drug-likeness (QED) is 0.813. The Morgan fingerprint density at radius 1 is 1.20 bits per heavy atom. The van der Waals surface area contributed by atoms with Crippen LogP contribution in [0.4, 0.5) is 8.78 Å². The van der Waals surface area contributed by atoms with Crippen LogP contribution in [0.15, 0.2) is 34.8 Å². The van der Waals surface area contributed by atoms with Crippen molar-refractivity contribution >= 4 is 27.5 Å². The van der Waals surface area contributed by atoms with Gasteiger partial charge < -0.3 is 9.84 Å². The Bertz CT molecular complexity index is 635. The lowest BCUT2D eigenvalue weighted by atomic mass is 10.2. The number of aliphatic hydroxyl groups excluding tert-OH is 1. The van der Waals surface area contributed by atoms with Gasteiger partial charge >= 0.3 is 0 Å². The molecule has 0 aliphatic heterocycles. The highest BCUT2D eigenvalue weighted by atomic mass is 79.9. The molecule has 0 amide bonds. The number of aliphatic hydroxyl groups is 1. The van der Waals surface area contributed by atoms with Crippen molar-refractivity contribution in [2.75, 3.05) is 0 Å². The third-order valence-corrected chi connectivity index (χ3v) is 3.63.